The molecule has 5 heteroatoms. The molecule has 1 saturated heterocycles. The normalized spacial score (nSPS) is 16.3. The number of aryl methyl sites for hydroxylation is 1. The predicted octanol–water partition coefficient (Wildman–Crippen LogP) is 1.85. The minimum Gasteiger partial charge on any atom is -0.497 e. The summed E-state index contributed by atoms with van der Waals surface area (Å²) in [4.78, 5) is 14.4. The van der Waals surface area contributed by atoms with Gasteiger partial charge >= 0.3 is 0 Å². The highest BCUT2D eigenvalue weighted by Crippen LogP contribution is 2.23. The van der Waals surface area contributed by atoms with Gasteiger partial charge in [0.05, 0.1) is 14.2 Å². The molecule has 1 aliphatic heterocycles. The zero-order valence-electron chi connectivity index (χ0n) is 13.7. The Morgan fingerprint density at radius 3 is 2.32 bits per heavy atom. The van der Waals surface area contributed by atoms with E-state index in [9.17, 15) is 4.79 Å². The Labute approximate surface area is 132 Å². The number of hydrogen-bond donors (Lipinski definition) is 1. The number of rotatable bonds is 6. The lowest BCUT2D eigenvalue weighted by Crippen LogP contribution is -2.43. The molecule has 122 valence electrons. The third-order valence-electron chi connectivity index (χ3n) is 4.14. The zero-order chi connectivity index (χ0) is 15.9. The Balaban J connectivity index is 1.83. The van der Waals surface area contributed by atoms with Gasteiger partial charge in [-0.1, -0.05) is 0 Å². The monoisotopic (exact) mass is 306 g/mol. The van der Waals surface area contributed by atoms with Crippen molar-refractivity contribution in [2.45, 2.75) is 31.7 Å². The van der Waals surface area contributed by atoms with Gasteiger partial charge in [0.1, 0.15) is 11.5 Å². The number of nitrogens with one attached hydrogen (secondary N) is 1. The molecule has 1 aromatic carbocycles. The van der Waals surface area contributed by atoms with Crippen LogP contribution in [0.2, 0.25) is 0 Å². The molecule has 0 unspecified atom stereocenters. The number of piperidine rings is 1. The lowest BCUT2D eigenvalue weighted by molar-refractivity contribution is -0.122. The van der Waals surface area contributed by atoms with Crippen LogP contribution in [0.5, 0.6) is 11.5 Å². The van der Waals surface area contributed by atoms with Gasteiger partial charge in [0, 0.05) is 18.5 Å². The molecule has 5 nitrogen and oxygen atoms in total. The van der Waals surface area contributed by atoms with Gasteiger partial charge in [-0.25, -0.2) is 0 Å². The second-order valence-electron chi connectivity index (χ2n) is 5.87. The zero-order valence-corrected chi connectivity index (χ0v) is 13.7. The summed E-state index contributed by atoms with van der Waals surface area (Å²) in [5.74, 6) is 1.63. The van der Waals surface area contributed by atoms with E-state index in [2.05, 4.69) is 17.3 Å². The summed E-state index contributed by atoms with van der Waals surface area (Å²) in [6.07, 6.45) is 3.25. The molecule has 1 amide bonds. The SMILES string of the molecule is COc1cc(CCC(=O)NC2CCN(C)CC2)cc(OC)c1. The van der Waals surface area contributed by atoms with Crippen LogP contribution in [0.1, 0.15) is 24.8 Å². The van der Waals surface area contributed by atoms with Crippen LogP contribution in [-0.2, 0) is 11.2 Å². The van der Waals surface area contributed by atoms with E-state index in [-0.39, 0.29) is 5.91 Å². The fourth-order valence-electron chi connectivity index (χ4n) is 2.72. The Kier molecular flexibility index (Phi) is 6.07. The summed E-state index contributed by atoms with van der Waals surface area (Å²) in [6, 6.07) is 6.06. The first-order chi connectivity index (χ1) is 10.6. The second-order valence-corrected chi connectivity index (χ2v) is 5.87. The number of carbonyl (C=O) groups is 1. The molecule has 22 heavy (non-hydrogen) atoms. The number of benzene rings is 1. The van der Waals surface area contributed by atoms with Crippen molar-refractivity contribution in [3.05, 3.63) is 23.8 Å². The predicted molar refractivity (Wildman–Crippen MR) is 86.5 cm³/mol. The summed E-state index contributed by atoms with van der Waals surface area (Å²) in [6.45, 7) is 2.11. The number of hydrogen-bond acceptors (Lipinski definition) is 4. The maximum absolute atomic E-state index is 12.1. The number of likely N-dealkylation sites (tertiary alicyclic amines) is 1. The van der Waals surface area contributed by atoms with Gasteiger partial charge in [-0.3, -0.25) is 4.79 Å². The van der Waals surface area contributed by atoms with Gasteiger partial charge in [0.15, 0.2) is 0 Å². The molecule has 1 fully saturated rings. The highest BCUT2D eigenvalue weighted by atomic mass is 16.5. The van der Waals surface area contributed by atoms with Crippen LogP contribution < -0.4 is 14.8 Å². The van der Waals surface area contributed by atoms with Gasteiger partial charge in [-0.15, -0.1) is 0 Å². The Morgan fingerprint density at radius 2 is 1.77 bits per heavy atom. The first kappa shape index (κ1) is 16.6. The molecule has 2 rings (SSSR count). The van der Waals surface area contributed by atoms with Crippen molar-refractivity contribution in [1.82, 2.24) is 10.2 Å². The molecule has 0 bridgehead atoms. The fourth-order valence-corrected chi connectivity index (χ4v) is 2.72. The van der Waals surface area contributed by atoms with Crippen molar-refractivity contribution >= 4 is 5.91 Å². The first-order valence-electron chi connectivity index (χ1n) is 7.80. The fraction of sp³-hybridized carbons (Fsp3) is 0.588. The topological polar surface area (TPSA) is 50.8 Å². The van der Waals surface area contributed by atoms with Crippen molar-refractivity contribution in [1.29, 1.82) is 0 Å². The standard InChI is InChI=1S/C17H26N2O3/c1-19-8-6-14(7-9-19)18-17(20)5-4-13-10-15(21-2)12-16(11-13)22-3/h10-12,14H,4-9H2,1-3H3,(H,18,20). The lowest BCUT2D eigenvalue weighted by Gasteiger charge is -2.29. The molecule has 1 aliphatic rings. The third kappa shape index (κ3) is 4.91. The van der Waals surface area contributed by atoms with Gasteiger partial charge in [-0.05, 0) is 57.1 Å². The summed E-state index contributed by atoms with van der Waals surface area (Å²) in [5, 5.41) is 3.14. The molecule has 0 spiro atoms. The van der Waals surface area contributed by atoms with Gasteiger partial charge in [0.25, 0.3) is 0 Å². The second kappa shape index (κ2) is 8.03. The molecule has 0 aromatic heterocycles. The summed E-state index contributed by atoms with van der Waals surface area (Å²) in [5.41, 5.74) is 1.05. The van der Waals surface area contributed by atoms with Crippen LogP contribution in [0.25, 0.3) is 0 Å². The molecule has 0 radical (unpaired) electrons. The molecule has 1 aromatic rings. The van der Waals surface area contributed by atoms with Crippen LogP contribution in [0.3, 0.4) is 0 Å². The number of ether oxygens (including phenoxy) is 2. The van der Waals surface area contributed by atoms with Crippen LogP contribution in [-0.4, -0.2) is 51.2 Å². The van der Waals surface area contributed by atoms with E-state index in [4.69, 9.17) is 9.47 Å². The van der Waals surface area contributed by atoms with Crippen molar-refractivity contribution in [2.24, 2.45) is 0 Å². The molecule has 0 saturated carbocycles. The van der Waals surface area contributed by atoms with Crippen molar-refractivity contribution in [2.75, 3.05) is 34.4 Å². The minimum atomic E-state index is 0.122. The highest BCUT2D eigenvalue weighted by molar-refractivity contribution is 5.76. The first-order valence-corrected chi connectivity index (χ1v) is 7.80. The number of amides is 1. The molecule has 0 aliphatic carbocycles. The van der Waals surface area contributed by atoms with E-state index in [1.54, 1.807) is 14.2 Å². The number of methoxy groups -OCH3 is 2. The van der Waals surface area contributed by atoms with Crippen LogP contribution >= 0.6 is 0 Å². The Bertz CT molecular complexity index is 474. The average molecular weight is 306 g/mol. The number of nitrogens with zero attached hydrogens (tertiary/aromatic N) is 1. The number of carbonyl (C=O) groups excluding carboxylic acids is 1. The molecule has 1 N–H and O–H groups in total. The van der Waals surface area contributed by atoms with E-state index in [1.165, 1.54) is 0 Å². The maximum Gasteiger partial charge on any atom is 0.220 e. The van der Waals surface area contributed by atoms with Crippen LogP contribution in [0.4, 0.5) is 0 Å². The van der Waals surface area contributed by atoms with Crippen LogP contribution in [0, 0.1) is 0 Å². The highest BCUT2D eigenvalue weighted by Gasteiger charge is 2.18. The third-order valence-corrected chi connectivity index (χ3v) is 4.14. The quantitative estimate of drug-likeness (QED) is 0.871. The minimum absolute atomic E-state index is 0.122. The van der Waals surface area contributed by atoms with Gasteiger partial charge in [0.2, 0.25) is 5.91 Å². The van der Waals surface area contributed by atoms with Crippen molar-refractivity contribution in [3.63, 3.8) is 0 Å². The van der Waals surface area contributed by atoms with E-state index in [0.717, 1.165) is 43.0 Å². The molecular weight excluding hydrogens is 280 g/mol. The summed E-state index contributed by atoms with van der Waals surface area (Å²) in [7, 11) is 5.38. The smallest absolute Gasteiger partial charge is 0.220 e. The summed E-state index contributed by atoms with van der Waals surface area (Å²) < 4.78 is 10.5. The van der Waals surface area contributed by atoms with E-state index >= 15 is 0 Å². The van der Waals surface area contributed by atoms with Crippen molar-refractivity contribution in [3.8, 4) is 11.5 Å². The van der Waals surface area contributed by atoms with Gasteiger partial charge < -0.3 is 19.7 Å². The Hall–Kier alpha value is -1.75. The Morgan fingerprint density at radius 1 is 1.18 bits per heavy atom. The van der Waals surface area contributed by atoms with E-state index < -0.39 is 0 Å². The largest absolute Gasteiger partial charge is 0.497 e. The maximum atomic E-state index is 12.1. The van der Waals surface area contributed by atoms with E-state index in [1.807, 2.05) is 18.2 Å². The van der Waals surface area contributed by atoms with Crippen LogP contribution in [0.15, 0.2) is 18.2 Å². The lowest BCUT2D eigenvalue weighted by atomic mass is 10.0. The molecule has 0 atom stereocenters. The summed E-state index contributed by atoms with van der Waals surface area (Å²) >= 11 is 0. The molecular formula is C17H26N2O3. The average Bonchev–Trinajstić information content (AvgIpc) is 2.54. The van der Waals surface area contributed by atoms with Crippen molar-refractivity contribution < 1.29 is 14.3 Å². The van der Waals surface area contributed by atoms with E-state index in [0.29, 0.717) is 18.9 Å². The molecule has 1 heterocycles. The van der Waals surface area contributed by atoms with Gasteiger partial charge in [-0.2, -0.15) is 0 Å².